The summed E-state index contributed by atoms with van der Waals surface area (Å²) in [6, 6.07) is 9.37. The largest absolute Gasteiger partial charge is 0.382 e. The second-order valence-electron chi connectivity index (χ2n) is 5.69. The first-order valence-corrected chi connectivity index (χ1v) is 7.11. The Kier molecular flexibility index (Phi) is 3.53. The van der Waals surface area contributed by atoms with Gasteiger partial charge in [0.15, 0.2) is 0 Å². The van der Waals surface area contributed by atoms with Gasteiger partial charge in [0.2, 0.25) is 0 Å². The SMILES string of the molecule is CC1CCC(Nc2cccc(Cn3ccnc3)c2)C1. The summed E-state index contributed by atoms with van der Waals surface area (Å²) < 4.78 is 2.09. The fourth-order valence-electron chi connectivity index (χ4n) is 2.92. The summed E-state index contributed by atoms with van der Waals surface area (Å²) in [7, 11) is 0. The molecule has 1 N–H and O–H groups in total. The summed E-state index contributed by atoms with van der Waals surface area (Å²) in [5.74, 6) is 0.867. The highest BCUT2D eigenvalue weighted by atomic mass is 15.0. The van der Waals surface area contributed by atoms with Crippen LogP contribution in [0.3, 0.4) is 0 Å². The van der Waals surface area contributed by atoms with Gasteiger partial charge in [-0.25, -0.2) is 4.98 Å². The lowest BCUT2D eigenvalue weighted by atomic mass is 10.1. The smallest absolute Gasteiger partial charge is 0.0949 e. The predicted molar refractivity (Wildman–Crippen MR) is 78.2 cm³/mol. The second-order valence-corrected chi connectivity index (χ2v) is 5.69. The molecule has 1 aliphatic rings. The first-order chi connectivity index (χ1) is 9.29. The number of hydrogen-bond acceptors (Lipinski definition) is 2. The van der Waals surface area contributed by atoms with Crippen molar-refractivity contribution in [2.45, 2.75) is 38.8 Å². The van der Waals surface area contributed by atoms with Crippen LogP contribution < -0.4 is 5.32 Å². The molecule has 0 spiro atoms. The van der Waals surface area contributed by atoms with Crippen molar-refractivity contribution in [3.8, 4) is 0 Å². The fourth-order valence-corrected chi connectivity index (χ4v) is 2.92. The first kappa shape index (κ1) is 12.3. The number of rotatable bonds is 4. The Bertz CT molecular complexity index is 519. The van der Waals surface area contributed by atoms with Gasteiger partial charge in [-0.15, -0.1) is 0 Å². The third kappa shape index (κ3) is 3.16. The minimum Gasteiger partial charge on any atom is -0.382 e. The summed E-state index contributed by atoms with van der Waals surface area (Å²) in [5, 5.41) is 3.67. The summed E-state index contributed by atoms with van der Waals surface area (Å²) in [5.41, 5.74) is 2.56. The molecule has 1 aliphatic carbocycles. The maximum absolute atomic E-state index is 4.08. The van der Waals surface area contributed by atoms with Crippen LogP contribution in [-0.2, 0) is 6.54 Å². The van der Waals surface area contributed by atoms with E-state index in [4.69, 9.17) is 0 Å². The topological polar surface area (TPSA) is 29.9 Å². The van der Waals surface area contributed by atoms with Gasteiger partial charge < -0.3 is 9.88 Å². The van der Waals surface area contributed by atoms with Crippen molar-refractivity contribution < 1.29 is 0 Å². The van der Waals surface area contributed by atoms with Gasteiger partial charge in [-0.1, -0.05) is 19.1 Å². The number of imidazole rings is 1. The number of benzene rings is 1. The summed E-state index contributed by atoms with van der Waals surface area (Å²) in [4.78, 5) is 4.08. The lowest BCUT2D eigenvalue weighted by Crippen LogP contribution is -2.15. The monoisotopic (exact) mass is 255 g/mol. The Hall–Kier alpha value is -1.77. The maximum atomic E-state index is 4.08. The molecule has 1 aromatic carbocycles. The summed E-state index contributed by atoms with van der Waals surface area (Å²) in [6.45, 7) is 3.23. The molecule has 2 unspecified atom stereocenters. The van der Waals surface area contributed by atoms with E-state index in [0.717, 1.165) is 12.5 Å². The van der Waals surface area contributed by atoms with Gasteiger partial charge in [-0.3, -0.25) is 0 Å². The first-order valence-electron chi connectivity index (χ1n) is 7.11. The number of hydrogen-bond donors (Lipinski definition) is 1. The minimum absolute atomic E-state index is 0.651. The van der Waals surface area contributed by atoms with E-state index in [2.05, 4.69) is 46.1 Å². The molecule has 0 radical (unpaired) electrons. The van der Waals surface area contributed by atoms with Crippen molar-refractivity contribution in [3.05, 3.63) is 48.5 Å². The van der Waals surface area contributed by atoms with Gasteiger partial charge in [0, 0.05) is 30.7 Å². The molecule has 0 aliphatic heterocycles. The summed E-state index contributed by atoms with van der Waals surface area (Å²) in [6.07, 6.45) is 9.63. The molecule has 1 saturated carbocycles. The highest BCUT2D eigenvalue weighted by Gasteiger charge is 2.20. The summed E-state index contributed by atoms with van der Waals surface area (Å²) >= 11 is 0. The van der Waals surface area contributed by atoms with Crippen LogP contribution in [0.4, 0.5) is 5.69 Å². The van der Waals surface area contributed by atoms with E-state index < -0.39 is 0 Å². The highest BCUT2D eigenvalue weighted by Crippen LogP contribution is 2.27. The van der Waals surface area contributed by atoms with Gasteiger partial charge in [-0.05, 0) is 42.9 Å². The number of aromatic nitrogens is 2. The van der Waals surface area contributed by atoms with Crippen LogP contribution in [0, 0.1) is 5.92 Å². The third-order valence-corrected chi connectivity index (χ3v) is 3.92. The van der Waals surface area contributed by atoms with E-state index in [1.165, 1.54) is 30.5 Å². The molecule has 1 aromatic heterocycles. The normalized spacial score (nSPS) is 22.6. The van der Waals surface area contributed by atoms with Crippen LogP contribution in [0.1, 0.15) is 31.7 Å². The van der Waals surface area contributed by atoms with Gasteiger partial charge in [-0.2, -0.15) is 0 Å². The van der Waals surface area contributed by atoms with Crippen LogP contribution in [-0.4, -0.2) is 15.6 Å². The zero-order chi connectivity index (χ0) is 13.1. The molecule has 100 valence electrons. The van der Waals surface area contributed by atoms with Crippen molar-refractivity contribution in [2.75, 3.05) is 5.32 Å². The zero-order valence-electron chi connectivity index (χ0n) is 11.4. The Labute approximate surface area is 114 Å². The fraction of sp³-hybridized carbons (Fsp3) is 0.438. The Morgan fingerprint density at radius 1 is 1.37 bits per heavy atom. The lowest BCUT2D eigenvalue weighted by molar-refractivity contribution is 0.602. The van der Waals surface area contributed by atoms with Crippen molar-refractivity contribution >= 4 is 5.69 Å². The number of anilines is 1. The molecule has 3 nitrogen and oxygen atoms in total. The molecule has 1 fully saturated rings. The molecular formula is C16H21N3. The van der Waals surface area contributed by atoms with Crippen LogP contribution in [0.25, 0.3) is 0 Å². The van der Waals surface area contributed by atoms with E-state index in [1.54, 1.807) is 0 Å². The quantitative estimate of drug-likeness (QED) is 0.905. The molecule has 3 rings (SSSR count). The average molecular weight is 255 g/mol. The van der Waals surface area contributed by atoms with Gasteiger partial charge in [0.1, 0.15) is 0 Å². The highest BCUT2D eigenvalue weighted by molar-refractivity contribution is 5.46. The van der Waals surface area contributed by atoms with E-state index >= 15 is 0 Å². The van der Waals surface area contributed by atoms with Crippen molar-refractivity contribution in [1.29, 1.82) is 0 Å². The van der Waals surface area contributed by atoms with Crippen molar-refractivity contribution in [3.63, 3.8) is 0 Å². The minimum atomic E-state index is 0.651. The van der Waals surface area contributed by atoms with Crippen LogP contribution in [0.5, 0.6) is 0 Å². The maximum Gasteiger partial charge on any atom is 0.0949 e. The molecule has 1 heterocycles. The molecule has 0 bridgehead atoms. The molecule has 0 amide bonds. The predicted octanol–water partition coefficient (Wildman–Crippen LogP) is 3.53. The Balaban J connectivity index is 1.66. The Morgan fingerprint density at radius 3 is 3.05 bits per heavy atom. The van der Waals surface area contributed by atoms with Gasteiger partial charge in [0.05, 0.1) is 6.33 Å². The molecule has 2 aromatic rings. The van der Waals surface area contributed by atoms with Gasteiger partial charge in [0.25, 0.3) is 0 Å². The van der Waals surface area contributed by atoms with Crippen LogP contribution in [0.15, 0.2) is 43.0 Å². The van der Waals surface area contributed by atoms with Crippen molar-refractivity contribution in [2.24, 2.45) is 5.92 Å². The second kappa shape index (κ2) is 5.47. The van der Waals surface area contributed by atoms with E-state index in [-0.39, 0.29) is 0 Å². The Morgan fingerprint density at radius 2 is 2.32 bits per heavy atom. The molecular weight excluding hydrogens is 234 g/mol. The molecule has 19 heavy (non-hydrogen) atoms. The number of nitrogens with zero attached hydrogens (tertiary/aromatic N) is 2. The van der Waals surface area contributed by atoms with Gasteiger partial charge >= 0.3 is 0 Å². The third-order valence-electron chi connectivity index (χ3n) is 3.92. The van der Waals surface area contributed by atoms with E-state index in [1.807, 2.05) is 18.7 Å². The van der Waals surface area contributed by atoms with Crippen LogP contribution >= 0.6 is 0 Å². The average Bonchev–Trinajstić information content (AvgIpc) is 3.02. The number of nitrogens with one attached hydrogen (secondary N) is 1. The van der Waals surface area contributed by atoms with Crippen molar-refractivity contribution in [1.82, 2.24) is 9.55 Å². The zero-order valence-corrected chi connectivity index (χ0v) is 11.4. The molecule has 3 heteroatoms. The molecule has 2 atom stereocenters. The van der Waals surface area contributed by atoms with E-state index in [9.17, 15) is 0 Å². The standard InChI is InChI=1S/C16H21N3/c1-13-5-6-16(9-13)18-15-4-2-3-14(10-15)11-19-8-7-17-12-19/h2-4,7-8,10,12-13,16,18H,5-6,9,11H2,1H3. The van der Waals surface area contributed by atoms with Crippen LogP contribution in [0.2, 0.25) is 0 Å². The van der Waals surface area contributed by atoms with E-state index in [0.29, 0.717) is 6.04 Å². The molecule has 0 saturated heterocycles. The lowest BCUT2D eigenvalue weighted by Gasteiger charge is -2.15.